The van der Waals surface area contributed by atoms with Crippen LogP contribution in [-0.4, -0.2) is 36.4 Å². The van der Waals surface area contributed by atoms with E-state index in [9.17, 15) is 9.90 Å². The zero-order chi connectivity index (χ0) is 10.4. The Morgan fingerprint density at radius 2 is 2.14 bits per heavy atom. The normalized spacial score (nSPS) is 20.6. The number of hydrogen-bond donors (Lipinski definition) is 2. The summed E-state index contributed by atoms with van der Waals surface area (Å²) in [7, 11) is 0. The number of nitrogens with one attached hydrogen (secondary N) is 1. The molecule has 0 aromatic carbocycles. The minimum atomic E-state index is -0.739. The number of ether oxygens (including phenoxy) is 1. The van der Waals surface area contributed by atoms with Crippen LogP contribution in [0.5, 0.6) is 0 Å². The van der Waals surface area contributed by atoms with Gasteiger partial charge in [-0.25, -0.2) is 0 Å². The molecule has 0 aromatic rings. The SMILES string of the molecule is CCCCNC1(C(=O)O)CCOCC1. The number of aliphatic carboxylic acids is 1. The Balaban J connectivity index is 2.47. The number of rotatable bonds is 5. The summed E-state index contributed by atoms with van der Waals surface area (Å²) in [6, 6.07) is 0. The fourth-order valence-electron chi connectivity index (χ4n) is 1.69. The minimum Gasteiger partial charge on any atom is -0.480 e. The standard InChI is InChI=1S/C10H19NO3/c1-2-3-6-11-10(9(12)13)4-7-14-8-5-10/h11H,2-8H2,1H3,(H,12,13). The molecule has 0 aromatic heterocycles. The predicted octanol–water partition coefficient (Wildman–Crippen LogP) is 1.01. The molecule has 0 saturated carbocycles. The molecular formula is C10H19NO3. The summed E-state index contributed by atoms with van der Waals surface area (Å²) in [5.41, 5.74) is -0.729. The van der Waals surface area contributed by atoms with Crippen molar-refractivity contribution in [1.82, 2.24) is 5.32 Å². The molecule has 0 spiro atoms. The van der Waals surface area contributed by atoms with E-state index in [0.29, 0.717) is 26.1 Å². The van der Waals surface area contributed by atoms with Crippen molar-refractivity contribution in [3.63, 3.8) is 0 Å². The van der Waals surface area contributed by atoms with Gasteiger partial charge in [-0.05, 0) is 25.8 Å². The molecule has 0 atom stereocenters. The lowest BCUT2D eigenvalue weighted by Crippen LogP contribution is -2.55. The van der Waals surface area contributed by atoms with Gasteiger partial charge in [0.1, 0.15) is 5.54 Å². The first-order chi connectivity index (χ1) is 6.71. The van der Waals surface area contributed by atoms with E-state index >= 15 is 0 Å². The topological polar surface area (TPSA) is 58.6 Å². The fourth-order valence-corrected chi connectivity index (χ4v) is 1.69. The first kappa shape index (κ1) is 11.5. The maximum atomic E-state index is 11.2. The van der Waals surface area contributed by atoms with Gasteiger partial charge in [-0.3, -0.25) is 4.79 Å². The van der Waals surface area contributed by atoms with Crippen LogP contribution in [-0.2, 0) is 9.53 Å². The second-order valence-electron chi connectivity index (χ2n) is 3.78. The molecule has 4 nitrogen and oxygen atoms in total. The Hall–Kier alpha value is -0.610. The Morgan fingerprint density at radius 3 is 2.64 bits per heavy atom. The minimum absolute atomic E-state index is 0.547. The third kappa shape index (κ3) is 2.69. The fraction of sp³-hybridized carbons (Fsp3) is 0.900. The highest BCUT2D eigenvalue weighted by molar-refractivity contribution is 5.78. The van der Waals surface area contributed by atoms with Crippen LogP contribution in [0.15, 0.2) is 0 Å². The predicted molar refractivity (Wildman–Crippen MR) is 53.3 cm³/mol. The highest BCUT2D eigenvalue weighted by atomic mass is 16.5. The molecule has 14 heavy (non-hydrogen) atoms. The van der Waals surface area contributed by atoms with E-state index in [1.54, 1.807) is 0 Å². The average Bonchev–Trinajstić information content (AvgIpc) is 2.19. The average molecular weight is 201 g/mol. The third-order valence-electron chi connectivity index (χ3n) is 2.75. The van der Waals surface area contributed by atoms with Gasteiger partial charge in [0.05, 0.1) is 0 Å². The van der Waals surface area contributed by atoms with Crippen LogP contribution in [0.2, 0.25) is 0 Å². The molecule has 0 aliphatic carbocycles. The molecular weight excluding hydrogens is 182 g/mol. The van der Waals surface area contributed by atoms with Gasteiger partial charge in [-0.1, -0.05) is 13.3 Å². The van der Waals surface area contributed by atoms with E-state index in [4.69, 9.17) is 4.74 Å². The van der Waals surface area contributed by atoms with Crippen LogP contribution >= 0.6 is 0 Å². The number of carboxylic acids is 1. The Kier molecular flexibility index (Phi) is 4.35. The van der Waals surface area contributed by atoms with Gasteiger partial charge in [0.25, 0.3) is 0 Å². The van der Waals surface area contributed by atoms with E-state index in [1.807, 2.05) is 0 Å². The first-order valence-electron chi connectivity index (χ1n) is 5.27. The van der Waals surface area contributed by atoms with Gasteiger partial charge in [0, 0.05) is 13.2 Å². The molecule has 0 unspecified atom stereocenters. The maximum absolute atomic E-state index is 11.2. The number of carboxylic acid groups (broad SMARTS) is 1. The van der Waals surface area contributed by atoms with Crippen molar-refractivity contribution in [2.24, 2.45) is 0 Å². The molecule has 0 amide bonds. The van der Waals surface area contributed by atoms with Crippen molar-refractivity contribution in [2.75, 3.05) is 19.8 Å². The van der Waals surface area contributed by atoms with E-state index in [0.717, 1.165) is 19.4 Å². The molecule has 2 N–H and O–H groups in total. The molecule has 1 aliphatic rings. The van der Waals surface area contributed by atoms with Gasteiger partial charge in [-0.2, -0.15) is 0 Å². The summed E-state index contributed by atoms with van der Waals surface area (Å²) in [6.45, 7) is 3.97. The molecule has 1 aliphatic heterocycles. The summed E-state index contributed by atoms with van der Waals surface area (Å²) in [4.78, 5) is 11.2. The largest absolute Gasteiger partial charge is 0.480 e. The van der Waals surface area contributed by atoms with Crippen molar-refractivity contribution in [2.45, 2.75) is 38.1 Å². The Morgan fingerprint density at radius 1 is 1.50 bits per heavy atom. The molecule has 0 radical (unpaired) electrons. The van der Waals surface area contributed by atoms with Crippen molar-refractivity contribution in [3.8, 4) is 0 Å². The summed E-state index contributed by atoms with van der Waals surface area (Å²) in [6.07, 6.45) is 3.26. The quantitative estimate of drug-likeness (QED) is 0.652. The van der Waals surface area contributed by atoms with Crippen LogP contribution < -0.4 is 5.32 Å². The summed E-state index contributed by atoms with van der Waals surface area (Å²) < 4.78 is 5.18. The van der Waals surface area contributed by atoms with Gasteiger partial charge in [-0.15, -0.1) is 0 Å². The lowest BCUT2D eigenvalue weighted by molar-refractivity contribution is -0.149. The summed E-state index contributed by atoms with van der Waals surface area (Å²) in [5, 5.41) is 12.3. The highest BCUT2D eigenvalue weighted by Crippen LogP contribution is 2.20. The van der Waals surface area contributed by atoms with E-state index < -0.39 is 11.5 Å². The zero-order valence-corrected chi connectivity index (χ0v) is 8.71. The Labute approximate surface area is 84.6 Å². The lowest BCUT2D eigenvalue weighted by Gasteiger charge is -2.34. The van der Waals surface area contributed by atoms with Crippen molar-refractivity contribution in [1.29, 1.82) is 0 Å². The molecule has 1 rings (SSSR count). The second-order valence-corrected chi connectivity index (χ2v) is 3.78. The molecule has 4 heteroatoms. The molecule has 1 fully saturated rings. The van der Waals surface area contributed by atoms with Gasteiger partial charge in [0.2, 0.25) is 0 Å². The molecule has 1 heterocycles. The van der Waals surface area contributed by atoms with E-state index in [2.05, 4.69) is 12.2 Å². The van der Waals surface area contributed by atoms with Crippen molar-refractivity contribution < 1.29 is 14.6 Å². The van der Waals surface area contributed by atoms with Gasteiger partial charge in [0.15, 0.2) is 0 Å². The lowest BCUT2D eigenvalue weighted by atomic mass is 9.90. The van der Waals surface area contributed by atoms with Gasteiger partial charge < -0.3 is 15.2 Å². The number of unbranched alkanes of at least 4 members (excludes halogenated alkanes) is 1. The highest BCUT2D eigenvalue weighted by Gasteiger charge is 2.39. The van der Waals surface area contributed by atoms with Crippen molar-refractivity contribution >= 4 is 5.97 Å². The molecule has 82 valence electrons. The summed E-state index contributed by atoms with van der Waals surface area (Å²) in [5.74, 6) is -0.739. The van der Waals surface area contributed by atoms with Crippen LogP contribution in [0, 0.1) is 0 Å². The molecule has 1 saturated heterocycles. The summed E-state index contributed by atoms with van der Waals surface area (Å²) >= 11 is 0. The second kappa shape index (κ2) is 5.32. The zero-order valence-electron chi connectivity index (χ0n) is 8.71. The number of hydrogen-bond acceptors (Lipinski definition) is 3. The maximum Gasteiger partial charge on any atom is 0.324 e. The van der Waals surface area contributed by atoms with Crippen LogP contribution in [0.4, 0.5) is 0 Å². The Bertz CT molecular complexity index is 188. The number of carbonyl (C=O) groups is 1. The van der Waals surface area contributed by atoms with Gasteiger partial charge >= 0.3 is 5.97 Å². The van der Waals surface area contributed by atoms with E-state index in [-0.39, 0.29) is 0 Å². The van der Waals surface area contributed by atoms with Crippen LogP contribution in [0.3, 0.4) is 0 Å². The van der Waals surface area contributed by atoms with Crippen molar-refractivity contribution in [3.05, 3.63) is 0 Å². The van der Waals surface area contributed by atoms with Crippen LogP contribution in [0.1, 0.15) is 32.6 Å². The first-order valence-corrected chi connectivity index (χ1v) is 5.27. The third-order valence-corrected chi connectivity index (χ3v) is 2.75. The smallest absolute Gasteiger partial charge is 0.324 e. The van der Waals surface area contributed by atoms with Crippen LogP contribution in [0.25, 0.3) is 0 Å². The monoisotopic (exact) mass is 201 g/mol. The molecule has 0 bridgehead atoms. The van der Waals surface area contributed by atoms with E-state index in [1.165, 1.54) is 0 Å².